The van der Waals surface area contributed by atoms with Crippen molar-refractivity contribution in [1.29, 1.82) is 0 Å². The van der Waals surface area contributed by atoms with Crippen LogP contribution in [0.2, 0.25) is 0 Å². The molecule has 0 aliphatic carbocycles. The molecular formula is C9H18N2. The third kappa shape index (κ3) is 5.83. The average Bonchev–Trinajstić information content (AvgIpc) is 2.01. The Bertz CT molecular complexity index is 100. The molecule has 0 aliphatic rings. The number of nitrogens with one attached hydrogen (secondary N) is 1. The Balaban J connectivity index is 3.49. The first-order valence-electron chi connectivity index (χ1n) is 4.05. The fourth-order valence-electron chi connectivity index (χ4n) is 0.785. The van der Waals surface area contributed by atoms with Gasteiger partial charge in [0.1, 0.15) is 0 Å². The fourth-order valence-corrected chi connectivity index (χ4v) is 0.785. The van der Waals surface area contributed by atoms with Gasteiger partial charge in [0.05, 0.1) is 0 Å². The van der Waals surface area contributed by atoms with Crippen LogP contribution in [-0.2, 0) is 0 Å². The first-order chi connectivity index (χ1) is 5.35. The Morgan fingerprint density at radius 1 is 1.27 bits per heavy atom. The highest BCUT2D eigenvalue weighted by atomic mass is 15.5. The van der Waals surface area contributed by atoms with Crippen LogP contribution in [0.4, 0.5) is 0 Å². The largest absolute Gasteiger partial charge is 0.255 e. The van der Waals surface area contributed by atoms with Crippen LogP contribution in [0.5, 0.6) is 0 Å². The first kappa shape index (κ1) is 10.4. The van der Waals surface area contributed by atoms with Crippen molar-refractivity contribution in [3.05, 3.63) is 25.3 Å². The maximum Gasteiger partial charge on any atom is 0.0312 e. The predicted octanol–water partition coefficient (Wildman–Crippen LogP) is 1.57. The van der Waals surface area contributed by atoms with E-state index < -0.39 is 0 Å². The van der Waals surface area contributed by atoms with E-state index in [9.17, 15) is 0 Å². The molecule has 0 bridgehead atoms. The molecule has 1 N–H and O–H groups in total. The molecule has 0 atom stereocenters. The molecule has 0 heterocycles. The van der Waals surface area contributed by atoms with Crippen LogP contribution in [-0.4, -0.2) is 24.6 Å². The number of hydrogen-bond acceptors (Lipinski definition) is 2. The summed E-state index contributed by atoms with van der Waals surface area (Å²) in [5.41, 5.74) is 3.26. The zero-order valence-corrected chi connectivity index (χ0v) is 7.34. The Morgan fingerprint density at radius 2 is 1.82 bits per heavy atom. The molecule has 0 radical (unpaired) electrons. The van der Waals surface area contributed by atoms with Crippen molar-refractivity contribution in [1.82, 2.24) is 10.4 Å². The van der Waals surface area contributed by atoms with Gasteiger partial charge in [0.25, 0.3) is 0 Å². The Hall–Kier alpha value is -0.600. The topological polar surface area (TPSA) is 15.3 Å². The van der Waals surface area contributed by atoms with Gasteiger partial charge in [0, 0.05) is 19.6 Å². The van der Waals surface area contributed by atoms with E-state index in [-0.39, 0.29) is 0 Å². The van der Waals surface area contributed by atoms with Crippen molar-refractivity contribution < 1.29 is 0 Å². The zero-order valence-electron chi connectivity index (χ0n) is 7.34. The summed E-state index contributed by atoms with van der Waals surface area (Å²) in [5.74, 6) is 0. The van der Waals surface area contributed by atoms with E-state index in [1.807, 2.05) is 12.2 Å². The molecule has 0 amide bonds. The van der Waals surface area contributed by atoms with Crippen LogP contribution >= 0.6 is 0 Å². The van der Waals surface area contributed by atoms with Crippen LogP contribution in [0.25, 0.3) is 0 Å². The normalized spacial score (nSPS) is 10.0. The SMILES string of the molecule is C=CCN(CC=C)NCCC. The highest BCUT2D eigenvalue weighted by Gasteiger charge is 1.95. The van der Waals surface area contributed by atoms with Gasteiger partial charge in [0.15, 0.2) is 0 Å². The van der Waals surface area contributed by atoms with Crippen LogP contribution in [0.15, 0.2) is 25.3 Å². The zero-order chi connectivity index (χ0) is 8.53. The number of nitrogens with zero attached hydrogens (tertiary/aromatic N) is 1. The van der Waals surface area contributed by atoms with E-state index in [0.717, 1.165) is 26.1 Å². The predicted molar refractivity (Wildman–Crippen MR) is 50.3 cm³/mol. The van der Waals surface area contributed by atoms with Crippen LogP contribution < -0.4 is 5.43 Å². The van der Waals surface area contributed by atoms with Gasteiger partial charge in [0.2, 0.25) is 0 Å². The van der Waals surface area contributed by atoms with E-state index in [2.05, 4.69) is 30.5 Å². The third-order valence-electron chi connectivity index (χ3n) is 1.28. The maximum atomic E-state index is 3.67. The molecule has 0 aromatic rings. The highest BCUT2D eigenvalue weighted by Crippen LogP contribution is 1.83. The summed E-state index contributed by atoms with van der Waals surface area (Å²) in [4.78, 5) is 0. The first-order valence-corrected chi connectivity index (χ1v) is 4.05. The van der Waals surface area contributed by atoms with Gasteiger partial charge in [-0.2, -0.15) is 0 Å². The van der Waals surface area contributed by atoms with E-state index >= 15 is 0 Å². The molecule has 64 valence electrons. The molecule has 0 saturated heterocycles. The van der Waals surface area contributed by atoms with Gasteiger partial charge >= 0.3 is 0 Å². The second kappa shape index (κ2) is 7.51. The second-order valence-electron chi connectivity index (χ2n) is 2.39. The van der Waals surface area contributed by atoms with Gasteiger partial charge in [-0.25, -0.2) is 5.01 Å². The molecule has 0 aromatic heterocycles. The van der Waals surface area contributed by atoms with E-state index in [1.54, 1.807) is 0 Å². The molecule has 0 aliphatic heterocycles. The minimum absolute atomic E-state index is 0.867. The monoisotopic (exact) mass is 154 g/mol. The minimum atomic E-state index is 0.867. The number of hydrogen-bond donors (Lipinski definition) is 1. The standard InChI is InChI=1S/C9H18N2/c1-4-7-10-11(8-5-2)9-6-3/h5-6,10H,2-4,7-9H2,1H3. The molecule has 0 unspecified atom stereocenters. The lowest BCUT2D eigenvalue weighted by molar-refractivity contribution is 0.234. The van der Waals surface area contributed by atoms with Crippen molar-refractivity contribution in [2.75, 3.05) is 19.6 Å². The lowest BCUT2D eigenvalue weighted by Crippen LogP contribution is -2.38. The lowest BCUT2D eigenvalue weighted by atomic mass is 10.5. The summed E-state index contributed by atoms with van der Waals surface area (Å²) in [6, 6.07) is 0. The summed E-state index contributed by atoms with van der Waals surface area (Å²) in [5, 5.41) is 2.09. The van der Waals surface area contributed by atoms with Crippen LogP contribution in [0, 0.1) is 0 Å². The van der Waals surface area contributed by atoms with Crippen molar-refractivity contribution in [3.63, 3.8) is 0 Å². The molecular weight excluding hydrogens is 136 g/mol. The molecule has 0 aromatic carbocycles. The van der Waals surface area contributed by atoms with Crippen molar-refractivity contribution in [2.24, 2.45) is 0 Å². The third-order valence-corrected chi connectivity index (χ3v) is 1.28. The lowest BCUT2D eigenvalue weighted by Gasteiger charge is -2.19. The Labute approximate surface area is 69.6 Å². The van der Waals surface area contributed by atoms with Crippen molar-refractivity contribution in [3.8, 4) is 0 Å². The Kier molecular flexibility index (Phi) is 7.10. The molecule has 0 rings (SSSR count). The number of rotatable bonds is 7. The van der Waals surface area contributed by atoms with Gasteiger partial charge < -0.3 is 0 Å². The van der Waals surface area contributed by atoms with Crippen LogP contribution in [0.3, 0.4) is 0 Å². The molecule has 2 heteroatoms. The van der Waals surface area contributed by atoms with Crippen molar-refractivity contribution in [2.45, 2.75) is 13.3 Å². The molecule has 0 spiro atoms. The quantitative estimate of drug-likeness (QED) is 0.442. The van der Waals surface area contributed by atoms with Gasteiger partial charge in [-0.05, 0) is 6.42 Å². The molecule has 0 fully saturated rings. The maximum absolute atomic E-state index is 3.67. The van der Waals surface area contributed by atoms with E-state index in [4.69, 9.17) is 0 Å². The smallest absolute Gasteiger partial charge is 0.0312 e. The fraction of sp³-hybridized carbons (Fsp3) is 0.556. The summed E-state index contributed by atoms with van der Waals surface area (Å²) in [6.45, 7) is 12.2. The van der Waals surface area contributed by atoms with E-state index in [0.29, 0.717) is 0 Å². The molecule has 2 nitrogen and oxygen atoms in total. The Morgan fingerprint density at radius 3 is 2.18 bits per heavy atom. The van der Waals surface area contributed by atoms with E-state index in [1.165, 1.54) is 0 Å². The second-order valence-corrected chi connectivity index (χ2v) is 2.39. The molecule has 0 saturated carbocycles. The summed E-state index contributed by atoms with van der Waals surface area (Å²) < 4.78 is 0. The van der Waals surface area contributed by atoms with Gasteiger partial charge in [-0.1, -0.05) is 19.1 Å². The molecule has 11 heavy (non-hydrogen) atoms. The summed E-state index contributed by atoms with van der Waals surface area (Å²) >= 11 is 0. The summed E-state index contributed by atoms with van der Waals surface area (Å²) in [6.07, 6.45) is 4.91. The number of hydrazine groups is 1. The van der Waals surface area contributed by atoms with Crippen molar-refractivity contribution >= 4 is 0 Å². The van der Waals surface area contributed by atoms with Crippen LogP contribution in [0.1, 0.15) is 13.3 Å². The van der Waals surface area contributed by atoms with Gasteiger partial charge in [-0.15, -0.1) is 13.2 Å². The minimum Gasteiger partial charge on any atom is -0.255 e. The summed E-state index contributed by atoms with van der Waals surface area (Å²) in [7, 11) is 0. The highest BCUT2D eigenvalue weighted by molar-refractivity contribution is 4.77. The average molecular weight is 154 g/mol. The van der Waals surface area contributed by atoms with Gasteiger partial charge in [-0.3, -0.25) is 5.43 Å².